The van der Waals surface area contributed by atoms with Gasteiger partial charge in [0.2, 0.25) is 0 Å². The SMILES string of the molecule is CCNC1CCN(CCCC(C)C)c2ccccc21. The normalized spacial score (nSPS) is 18.7. The number of para-hydroxylation sites is 1. The van der Waals surface area contributed by atoms with Gasteiger partial charge in [0.15, 0.2) is 0 Å². The summed E-state index contributed by atoms with van der Waals surface area (Å²) in [5, 5.41) is 3.61. The highest BCUT2D eigenvalue weighted by molar-refractivity contribution is 5.56. The van der Waals surface area contributed by atoms with Gasteiger partial charge in [-0.25, -0.2) is 0 Å². The lowest BCUT2D eigenvalue weighted by atomic mass is 9.96. The molecule has 0 aromatic heterocycles. The fourth-order valence-electron chi connectivity index (χ4n) is 3.01. The van der Waals surface area contributed by atoms with E-state index in [0.717, 1.165) is 12.5 Å². The second-order valence-electron chi connectivity index (χ2n) is 5.98. The van der Waals surface area contributed by atoms with Crippen molar-refractivity contribution in [2.75, 3.05) is 24.5 Å². The second-order valence-corrected chi connectivity index (χ2v) is 5.98. The molecule has 0 aliphatic carbocycles. The lowest BCUT2D eigenvalue weighted by Crippen LogP contribution is -2.36. The molecule has 0 spiro atoms. The molecule has 1 atom stereocenters. The Balaban J connectivity index is 2.05. The van der Waals surface area contributed by atoms with Crippen molar-refractivity contribution < 1.29 is 0 Å². The van der Waals surface area contributed by atoms with Crippen LogP contribution in [-0.4, -0.2) is 19.6 Å². The van der Waals surface area contributed by atoms with Crippen molar-refractivity contribution in [3.63, 3.8) is 0 Å². The molecule has 19 heavy (non-hydrogen) atoms. The molecule has 0 saturated carbocycles. The molecule has 0 radical (unpaired) electrons. The number of benzene rings is 1. The van der Waals surface area contributed by atoms with Crippen molar-refractivity contribution in [3.8, 4) is 0 Å². The molecule has 1 N–H and O–H groups in total. The minimum absolute atomic E-state index is 0.544. The van der Waals surface area contributed by atoms with Gasteiger partial charge < -0.3 is 10.2 Å². The fraction of sp³-hybridized carbons (Fsp3) is 0.647. The average molecular weight is 260 g/mol. The zero-order chi connectivity index (χ0) is 13.7. The van der Waals surface area contributed by atoms with E-state index < -0.39 is 0 Å². The highest BCUT2D eigenvalue weighted by Gasteiger charge is 2.23. The zero-order valence-electron chi connectivity index (χ0n) is 12.7. The number of hydrogen-bond donors (Lipinski definition) is 1. The quantitative estimate of drug-likeness (QED) is 0.832. The van der Waals surface area contributed by atoms with E-state index in [1.54, 1.807) is 0 Å². The van der Waals surface area contributed by atoms with Crippen LogP contribution >= 0.6 is 0 Å². The van der Waals surface area contributed by atoms with Gasteiger partial charge in [-0.1, -0.05) is 39.0 Å². The van der Waals surface area contributed by atoms with E-state index in [4.69, 9.17) is 0 Å². The lowest BCUT2D eigenvalue weighted by Gasteiger charge is -2.36. The van der Waals surface area contributed by atoms with E-state index in [2.05, 4.69) is 55.3 Å². The maximum atomic E-state index is 3.61. The summed E-state index contributed by atoms with van der Waals surface area (Å²) in [4.78, 5) is 2.57. The molecule has 2 rings (SSSR count). The van der Waals surface area contributed by atoms with Crippen molar-refractivity contribution in [3.05, 3.63) is 29.8 Å². The fourth-order valence-corrected chi connectivity index (χ4v) is 3.01. The zero-order valence-corrected chi connectivity index (χ0v) is 12.7. The van der Waals surface area contributed by atoms with Gasteiger partial charge in [0, 0.05) is 24.8 Å². The number of anilines is 1. The third-order valence-electron chi connectivity index (χ3n) is 4.00. The minimum atomic E-state index is 0.544. The van der Waals surface area contributed by atoms with Crippen LogP contribution in [0, 0.1) is 5.92 Å². The first-order chi connectivity index (χ1) is 9.22. The van der Waals surface area contributed by atoms with Crippen molar-refractivity contribution >= 4 is 5.69 Å². The van der Waals surface area contributed by atoms with E-state index in [0.29, 0.717) is 6.04 Å². The molecule has 106 valence electrons. The molecule has 0 bridgehead atoms. The van der Waals surface area contributed by atoms with Crippen LogP contribution in [0.15, 0.2) is 24.3 Å². The first-order valence-electron chi connectivity index (χ1n) is 7.79. The lowest BCUT2D eigenvalue weighted by molar-refractivity contribution is 0.479. The van der Waals surface area contributed by atoms with Crippen molar-refractivity contribution in [1.82, 2.24) is 5.32 Å². The van der Waals surface area contributed by atoms with Crippen molar-refractivity contribution in [2.24, 2.45) is 5.92 Å². The predicted octanol–water partition coefficient (Wildman–Crippen LogP) is 3.98. The van der Waals surface area contributed by atoms with E-state index in [1.807, 2.05) is 0 Å². The molecule has 2 heteroatoms. The Kier molecular flexibility index (Phi) is 5.26. The van der Waals surface area contributed by atoms with Crippen LogP contribution in [0.3, 0.4) is 0 Å². The Morgan fingerprint density at radius 2 is 2.11 bits per heavy atom. The van der Waals surface area contributed by atoms with E-state index >= 15 is 0 Å². The second kappa shape index (κ2) is 6.95. The summed E-state index contributed by atoms with van der Waals surface area (Å²) in [7, 11) is 0. The summed E-state index contributed by atoms with van der Waals surface area (Å²) in [5.41, 5.74) is 2.93. The molecular weight excluding hydrogens is 232 g/mol. The van der Waals surface area contributed by atoms with Gasteiger partial charge in [0.1, 0.15) is 0 Å². The topological polar surface area (TPSA) is 15.3 Å². The number of hydrogen-bond acceptors (Lipinski definition) is 2. The van der Waals surface area contributed by atoms with Crippen LogP contribution in [0.5, 0.6) is 0 Å². The maximum absolute atomic E-state index is 3.61. The molecule has 0 amide bonds. The Hall–Kier alpha value is -1.02. The predicted molar refractivity (Wildman–Crippen MR) is 83.8 cm³/mol. The van der Waals surface area contributed by atoms with Crippen LogP contribution in [0.2, 0.25) is 0 Å². The summed E-state index contributed by atoms with van der Waals surface area (Å²) in [6, 6.07) is 9.46. The molecule has 1 aromatic rings. The molecule has 1 unspecified atom stereocenters. The average Bonchev–Trinajstić information content (AvgIpc) is 2.41. The molecule has 1 aromatic carbocycles. The largest absolute Gasteiger partial charge is 0.371 e. The van der Waals surface area contributed by atoms with E-state index in [1.165, 1.54) is 43.6 Å². The molecule has 2 nitrogen and oxygen atoms in total. The Labute approximate surface area is 118 Å². The monoisotopic (exact) mass is 260 g/mol. The minimum Gasteiger partial charge on any atom is -0.371 e. The molecule has 0 fully saturated rings. The number of fused-ring (bicyclic) bond motifs is 1. The van der Waals surface area contributed by atoms with Crippen LogP contribution in [0.25, 0.3) is 0 Å². The van der Waals surface area contributed by atoms with Gasteiger partial charge in [-0.2, -0.15) is 0 Å². The van der Waals surface area contributed by atoms with Crippen molar-refractivity contribution in [1.29, 1.82) is 0 Å². The Bertz CT molecular complexity index is 387. The summed E-state index contributed by atoms with van der Waals surface area (Å²) in [6.07, 6.45) is 3.86. The summed E-state index contributed by atoms with van der Waals surface area (Å²) in [5.74, 6) is 0.814. The number of rotatable bonds is 6. The van der Waals surface area contributed by atoms with E-state index in [9.17, 15) is 0 Å². The summed E-state index contributed by atoms with van der Waals surface area (Å²) >= 11 is 0. The maximum Gasteiger partial charge on any atom is 0.0414 e. The van der Waals surface area contributed by atoms with Crippen molar-refractivity contribution in [2.45, 2.75) is 46.1 Å². The third-order valence-corrected chi connectivity index (χ3v) is 4.00. The van der Waals surface area contributed by atoms with Crippen LogP contribution in [-0.2, 0) is 0 Å². The van der Waals surface area contributed by atoms with Gasteiger partial charge in [-0.15, -0.1) is 0 Å². The highest BCUT2D eigenvalue weighted by atomic mass is 15.1. The number of nitrogens with zero attached hydrogens (tertiary/aromatic N) is 1. The first kappa shape index (κ1) is 14.4. The molecule has 0 saturated heterocycles. The first-order valence-corrected chi connectivity index (χ1v) is 7.79. The standard InChI is InChI=1S/C17H28N2/c1-4-18-16-11-13-19(12-7-8-14(2)3)17-10-6-5-9-15(16)17/h5-6,9-10,14,16,18H,4,7-8,11-13H2,1-3H3. The summed E-state index contributed by atoms with van der Waals surface area (Å²) in [6.45, 7) is 10.3. The highest BCUT2D eigenvalue weighted by Crippen LogP contribution is 2.33. The molecular formula is C17H28N2. The Morgan fingerprint density at radius 1 is 1.32 bits per heavy atom. The summed E-state index contributed by atoms with van der Waals surface area (Å²) < 4.78 is 0. The van der Waals surface area contributed by atoms with Gasteiger partial charge in [0.05, 0.1) is 0 Å². The van der Waals surface area contributed by atoms with E-state index in [-0.39, 0.29) is 0 Å². The van der Waals surface area contributed by atoms with Gasteiger partial charge in [-0.3, -0.25) is 0 Å². The van der Waals surface area contributed by atoms with Crippen LogP contribution in [0.1, 0.15) is 51.6 Å². The van der Waals surface area contributed by atoms with Gasteiger partial charge >= 0.3 is 0 Å². The third kappa shape index (κ3) is 3.73. The van der Waals surface area contributed by atoms with Gasteiger partial charge in [0.25, 0.3) is 0 Å². The molecule has 1 aliphatic heterocycles. The van der Waals surface area contributed by atoms with Gasteiger partial charge in [-0.05, 0) is 43.4 Å². The number of nitrogens with one attached hydrogen (secondary N) is 1. The van der Waals surface area contributed by atoms with Crippen LogP contribution < -0.4 is 10.2 Å². The van der Waals surface area contributed by atoms with Crippen LogP contribution in [0.4, 0.5) is 5.69 Å². The Morgan fingerprint density at radius 3 is 2.84 bits per heavy atom. The molecule has 1 heterocycles. The smallest absolute Gasteiger partial charge is 0.0414 e. The molecule has 1 aliphatic rings.